The second-order valence-electron chi connectivity index (χ2n) is 6.08. The number of nitrogens with zero attached hydrogens (tertiary/aromatic N) is 2. The predicted octanol–water partition coefficient (Wildman–Crippen LogP) is 1.19. The van der Waals surface area contributed by atoms with Gasteiger partial charge in [-0.05, 0) is 46.1 Å². The summed E-state index contributed by atoms with van der Waals surface area (Å²) < 4.78 is 28.5. The minimum Gasteiger partial charge on any atom is -0.330 e. The lowest BCUT2D eigenvalue weighted by Crippen LogP contribution is -2.54. The molecular weight excluding hydrogens is 262 g/mol. The van der Waals surface area contributed by atoms with Crippen molar-refractivity contribution in [3.63, 3.8) is 0 Å². The summed E-state index contributed by atoms with van der Waals surface area (Å²) in [6, 6.07) is 0. The largest absolute Gasteiger partial charge is 0.330 e. The summed E-state index contributed by atoms with van der Waals surface area (Å²) in [5.41, 5.74) is 5.20. The Morgan fingerprint density at radius 3 is 2.26 bits per heavy atom. The van der Waals surface area contributed by atoms with Crippen LogP contribution in [0.3, 0.4) is 0 Å². The zero-order valence-electron chi connectivity index (χ0n) is 12.3. The van der Waals surface area contributed by atoms with Gasteiger partial charge in [0.15, 0.2) is 0 Å². The molecule has 0 atom stereocenters. The molecule has 0 aliphatic carbocycles. The first-order valence-corrected chi connectivity index (χ1v) is 8.22. The minimum atomic E-state index is -3.42. The van der Waals surface area contributed by atoms with E-state index in [0.717, 1.165) is 12.8 Å². The Bertz CT molecular complexity index is 393. The number of hydrogen-bond acceptors (Lipinski definition) is 3. The molecule has 0 aromatic carbocycles. The van der Waals surface area contributed by atoms with Gasteiger partial charge in [0.25, 0.3) is 10.2 Å². The Morgan fingerprint density at radius 2 is 1.89 bits per heavy atom. The molecule has 0 amide bonds. The van der Waals surface area contributed by atoms with Crippen LogP contribution < -0.4 is 5.73 Å². The Kier molecular flexibility index (Phi) is 5.55. The number of rotatable bonds is 5. The van der Waals surface area contributed by atoms with E-state index in [1.165, 1.54) is 4.31 Å². The average Bonchev–Trinajstić information content (AvgIpc) is 2.34. The molecule has 0 saturated carbocycles. The molecule has 0 aromatic heterocycles. The Hall–Kier alpha value is -0.430. The molecule has 19 heavy (non-hydrogen) atoms. The van der Waals surface area contributed by atoms with Gasteiger partial charge in [-0.1, -0.05) is 6.08 Å². The highest BCUT2D eigenvalue weighted by Gasteiger charge is 2.37. The van der Waals surface area contributed by atoms with Crippen LogP contribution in [0.15, 0.2) is 12.7 Å². The summed E-state index contributed by atoms with van der Waals surface area (Å²) in [5.74, 6) is 0.453. The van der Waals surface area contributed by atoms with Crippen LogP contribution in [0.1, 0.15) is 33.6 Å². The fourth-order valence-electron chi connectivity index (χ4n) is 2.35. The Morgan fingerprint density at radius 1 is 1.37 bits per heavy atom. The molecule has 0 spiro atoms. The standard InChI is InChI=1S/C13H27N3O2S/c1-5-8-16(13(2,3)4)19(17,18)15-9-6-12(11-14)7-10-15/h5,12H,1,6-11,14H2,2-4H3. The van der Waals surface area contributed by atoms with Crippen LogP contribution in [-0.2, 0) is 10.2 Å². The molecule has 5 nitrogen and oxygen atoms in total. The monoisotopic (exact) mass is 289 g/mol. The van der Waals surface area contributed by atoms with E-state index in [4.69, 9.17) is 5.73 Å². The lowest BCUT2D eigenvalue weighted by atomic mass is 9.99. The summed E-state index contributed by atoms with van der Waals surface area (Å²) in [4.78, 5) is 0. The molecule has 0 radical (unpaired) electrons. The van der Waals surface area contributed by atoms with Gasteiger partial charge in [-0.15, -0.1) is 6.58 Å². The molecule has 1 aliphatic heterocycles. The second-order valence-corrected chi connectivity index (χ2v) is 7.93. The zero-order valence-corrected chi connectivity index (χ0v) is 13.1. The van der Waals surface area contributed by atoms with Gasteiger partial charge in [0.1, 0.15) is 0 Å². The summed E-state index contributed by atoms with van der Waals surface area (Å²) in [5, 5.41) is 0. The number of hydrogen-bond donors (Lipinski definition) is 1. The van der Waals surface area contributed by atoms with Crippen molar-refractivity contribution in [3.05, 3.63) is 12.7 Å². The molecule has 1 fully saturated rings. The van der Waals surface area contributed by atoms with E-state index in [1.54, 1.807) is 10.4 Å². The lowest BCUT2D eigenvalue weighted by molar-refractivity contribution is 0.218. The summed E-state index contributed by atoms with van der Waals surface area (Å²) in [6.45, 7) is 11.5. The molecule has 0 aromatic rings. The first-order valence-electron chi connectivity index (χ1n) is 6.82. The molecule has 1 rings (SSSR count). The van der Waals surface area contributed by atoms with Crippen molar-refractivity contribution in [2.24, 2.45) is 11.7 Å². The normalized spacial score (nSPS) is 19.8. The highest BCUT2D eigenvalue weighted by atomic mass is 32.2. The molecule has 6 heteroatoms. The average molecular weight is 289 g/mol. The first kappa shape index (κ1) is 16.6. The molecule has 1 aliphatic rings. The molecular formula is C13H27N3O2S. The van der Waals surface area contributed by atoms with Gasteiger partial charge in [0, 0.05) is 25.2 Å². The van der Waals surface area contributed by atoms with Gasteiger partial charge in [-0.2, -0.15) is 17.0 Å². The molecule has 0 unspecified atom stereocenters. The molecule has 1 saturated heterocycles. The topological polar surface area (TPSA) is 66.6 Å². The van der Waals surface area contributed by atoms with Gasteiger partial charge in [0.2, 0.25) is 0 Å². The molecule has 112 valence electrons. The summed E-state index contributed by atoms with van der Waals surface area (Å²) in [7, 11) is -3.42. The lowest BCUT2D eigenvalue weighted by Gasteiger charge is -2.39. The van der Waals surface area contributed by atoms with E-state index in [2.05, 4.69) is 6.58 Å². The maximum atomic E-state index is 12.7. The van der Waals surface area contributed by atoms with Crippen molar-refractivity contribution in [1.29, 1.82) is 0 Å². The van der Waals surface area contributed by atoms with E-state index >= 15 is 0 Å². The van der Waals surface area contributed by atoms with E-state index in [0.29, 0.717) is 32.1 Å². The predicted molar refractivity (Wildman–Crippen MR) is 78.9 cm³/mol. The third-order valence-corrected chi connectivity index (χ3v) is 5.83. The van der Waals surface area contributed by atoms with Crippen LogP contribution in [-0.4, -0.2) is 48.7 Å². The zero-order chi connectivity index (χ0) is 14.7. The van der Waals surface area contributed by atoms with E-state index in [1.807, 2.05) is 20.8 Å². The molecule has 1 heterocycles. The smallest absolute Gasteiger partial charge is 0.282 e. The van der Waals surface area contributed by atoms with Gasteiger partial charge < -0.3 is 5.73 Å². The fraction of sp³-hybridized carbons (Fsp3) is 0.846. The fourth-order valence-corrected chi connectivity index (χ4v) is 4.28. The maximum absolute atomic E-state index is 12.7. The third kappa shape index (κ3) is 4.02. The van der Waals surface area contributed by atoms with Crippen molar-refractivity contribution in [3.8, 4) is 0 Å². The number of nitrogens with two attached hydrogens (primary N) is 1. The van der Waals surface area contributed by atoms with Crippen LogP contribution in [0.5, 0.6) is 0 Å². The third-order valence-electron chi connectivity index (χ3n) is 3.55. The van der Waals surface area contributed by atoms with Crippen LogP contribution in [0.2, 0.25) is 0 Å². The van der Waals surface area contributed by atoms with Crippen molar-refractivity contribution in [2.75, 3.05) is 26.2 Å². The van der Waals surface area contributed by atoms with Crippen molar-refractivity contribution in [1.82, 2.24) is 8.61 Å². The van der Waals surface area contributed by atoms with Crippen LogP contribution in [0, 0.1) is 5.92 Å². The van der Waals surface area contributed by atoms with Crippen molar-refractivity contribution < 1.29 is 8.42 Å². The summed E-state index contributed by atoms with van der Waals surface area (Å²) >= 11 is 0. The van der Waals surface area contributed by atoms with Crippen LogP contribution in [0.25, 0.3) is 0 Å². The van der Waals surface area contributed by atoms with Gasteiger partial charge in [0.05, 0.1) is 0 Å². The van der Waals surface area contributed by atoms with Crippen LogP contribution in [0.4, 0.5) is 0 Å². The maximum Gasteiger partial charge on any atom is 0.282 e. The van der Waals surface area contributed by atoms with E-state index in [9.17, 15) is 8.42 Å². The molecule has 0 bridgehead atoms. The highest BCUT2D eigenvalue weighted by molar-refractivity contribution is 7.86. The van der Waals surface area contributed by atoms with E-state index < -0.39 is 15.7 Å². The van der Waals surface area contributed by atoms with Gasteiger partial charge in [-0.3, -0.25) is 0 Å². The van der Waals surface area contributed by atoms with Crippen molar-refractivity contribution >= 4 is 10.2 Å². The quantitative estimate of drug-likeness (QED) is 0.773. The summed E-state index contributed by atoms with van der Waals surface area (Å²) in [6.07, 6.45) is 3.33. The van der Waals surface area contributed by atoms with E-state index in [-0.39, 0.29) is 0 Å². The highest BCUT2D eigenvalue weighted by Crippen LogP contribution is 2.25. The number of piperidine rings is 1. The van der Waals surface area contributed by atoms with Crippen molar-refractivity contribution in [2.45, 2.75) is 39.2 Å². The van der Waals surface area contributed by atoms with Gasteiger partial charge in [-0.25, -0.2) is 0 Å². The molecule has 2 N–H and O–H groups in total. The second kappa shape index (κ2) is 6.35. The Labute approximate surface area is 117 Å². The first-order chi connectivity index (χ1) is 8.73. The SMILES string of the molecule is C=CCN(C(C)(C)C)S(=O)(=O)N1CCC(CN)CC1. The Balaban J connectivity index is 2.87. The minimum absolute atomic E-state index is 0.336. The van der Waals surface area contributed by atoms with Gasteiger partial charge >= 0.3 is 0 Å². The van der Waals surface area contributed by atoms with Crippen LogP contribution >= 0.6 is 0 Å².